The molecule has 3 heteroatoms. The van der Waals surface area contributed by atoms with Crippen molar-refractivity contribution in [3.8, 4) is 0 Å². The molecule has 1 aliphatic carbocycles. The molecule has 0 bridgehead atoms. The van der Waals surface area contributed by atoms with Crippen molar-refractivity contribution in [1.29, 1.82) is 0 Å². The molecule has 0 aliphatic heterocycles. The van der Waals surface area contributed by atoms with Gasteiger partial charge in [-0.2, -0.15) is 0 Å². The smallest absolute Gasteiger partial charge is 0.125 e. The Morgan fingerprint density at radius 1 is 1.53 bits per heavy atom. The van der Waals surface area contributed by atoms with Crippen LogP contribution in [0.25, 0.3) is 0 Å². The Hall–Kier alpha value is -0.830. The molecule has 1 saturated carbocycles. The molecule has 1 N–H and O–H groups in total. The Balaban J connectivity index is 2.14. The monoisotopic (exact) mass is 207 g/mol. The van der Waals surface area contributed by atoms with Crippen LogP contribution in [0.5, 0.6) is 0 Å². The summed E-state index contributed by atoms with van der Waals surface area (Å²) >= 11 is 0. The first-order valence-corrected chi connectivity index (χ1v) is 5.87. The van der Waals surface area contributed by atoms with Crippen molar-refractivity contribution in [2.24, 2.45) is 18.9 Å². The van der Waals surface area contributed by atoms with Crippen LogP contribution in [-0.2, 0) is 7.05 Å². The summed E-state index contributed by atoms with van der Waals surface area (Å²) in [5, 5.41) is 3.42. The summed E-state index contributed by atoms with van der Waals surface area (Å²) in [6, 6.07) is 0.426. The predicted molar refractivity (Wildman–Crippen MR) is 61.5 cm³/mol. The molecular formula is C12H21N3. The molecule has 15 heavy (non-hydrogen) atoms. The van der Waals surface area contributed by atoms with Crippen LogP contribution >= 0.6 is 0 Å². The van der Waals surface area contributed by atoms with E-state index in [-0.39, 0.29) is 0 Å². The fourth-order valence-electron chi connectivity index (χ4n) is 2.81. The summed E-state index contributed by atoms with van der Waals surface area (Å²) in [7, 11) is 4.12. The van der Waals surface area contributed by atoms with Crippen molar-refractivity contribution in [2.45, 2.75) is 32.2 Å². The maximum atomic E-state index is 4.46. The van der Waals surface area contributed by atoms with Crippen LogP contribution in [0.2, 0.25) is 0 Å². The maximum Gasteiger partial charge on any atom is 0.125 e. The summed E-state index contributed by atoms with van der Waals surface area (Å²) < 4.78 is 2.13. The first-order valence-electron chi connectivity index (χ1n) is 5.87. The number of nitrogens with one attached hydrogen (secondary N) is 1. The first-order chi connectivity index (χ1) is 7.22. The second-order valence-electron chi connectivity index (χ2n) is 4.84. The standard InChI is InChI=1S/C12H21N3/c1-9-4-5-10(8-9)11(13-2)12-14-6-7-15(12)3/h6-7,9-11,13H,4-5,8H2,1-3H3. The van der Waals surface area contributed by atoms with E-state index in [0.29, 0.717) is 6.04 Å². The van der Waals surface area contributed by atoms with Crippen molar-refractivity contribution in [3.05, 3.63) is 18.2 Å². The molecule has 0 radical (unpaired) electrons. The molecule has 3 nitrogen and oxygen atoms in total. The first kappa shape index (κ1) is 10.7. The van der Waals surface area contributed by atoms with Crippen LogP contribution in [0.4, 0.5) is 0 Å². The van der Waals surface area contributed by atoms with Crippen molar-refractivity contribution in [2.75, 3.05) is 7.05 Å². The van der Waals surface area contributed by atoms with Crippen LogP contribution < -0.4 is 5.32 Å². The van der Waals surface area contributed by atoms with E-state index in [2.05, 4.69) is 28.8 Å². The Kier molecular flexibility index (Phi) is 3.10. The quantitative estimate of drug-likeness (QED) is 0.822. The third-order valence-electron chi connectivity index (χ3n) is 3.65. The van der Waals surface area contributed by atoms with Gasteiger partial charge in [-0.25, -0.2) is 4.98 Å². The Labute approximate surface area is 91.9 Å². The van der Waals surface area contributed by atoms with Crippen LogP contribution in [-0.4, -0.2) is 16.6 Å². The van der Waals surface area contributed by atoms with Gasteiger partial charge in [0, 0.05) is 19.4 Å². The Bertz CT molecular complexity index is 318. The minimum absolute atomic E-state index is 0.426. The lowest BCUT2D eigenvalue weighted by atomic mass is 9.96. The number of nitrogens with zero attached hydrogens (tertiary/aromatic N) is 2. The number of aromatic nitrogens is 2. The van der Waals surface area contributed by atoms with Crippen molar-refractivity contribution >= 4 is 0 Å². The van der Waals surface area contributed by atoms with Crippen LogP contribution in [0, 0.1) is 11.8 Å². The van der Waals surface area contributed by atoms with Gasteiger partial charge in [-0.15, -0.1) is 0 Å². The van der Waals surface area contributed by atoms with Crippen molar-refractivity contribution < 1.29 is 0 Å². The average molecular weight is 207 g/mol. The van der Waals surface area contributed by atoms with Gasteiger partial charge in [0.05, 0.1) is 6.04 Å². The Morgan fingerprint density at radius 2 is 2.33 bits per heavy atom. The zero-order valence-electron chi connectivity index (χ0n) is 9.90. The molecule has 3 atom stereocenters. The molecule has 1 heterocycles. The second-order valence-corrected chi connectivity index (χ2v) is 4.84. The van der Waals surface area contributed by atoms with Gasteiger partial charge in [0.15, 0.2) is 0 Å². The van der Waals surface area contributed by atoms with E-state index < -0.39 is 0 Å². The predicted octanol–water partition coefficient (Wildman–Crippen LogP) is 2.12. The topological polar surface area (TPSA) is 29.9 Å². The highest BCUT2D eigenvalue weighted by molar-refractivity contribution is 5.02. The lowest BCUT2D eigenvalue weighted by Gasteiger charge is -2.22. The van der Waals surface area contributed by atoms with Crippen molar-refractivity contribution in [1.82, 2.24) is 14.9 Å². The number of aryl methyl sites for hydroxylation is 1. The summed E-state index contributed by atoms with van der Waals surface area (Å²) in [6.45, 7) is 2.35. The fraction of sp³-hybridized carbons (Fsp3) is 0.750. The van der Waals surface area contributed by atoms with Gasteiger partial charge in [0.1, 0.15) is 5.82 Å². The summed E-state index contributed by atoms with van der Waals surface area (Å²) in [6.07, 6.45) is 7.95. The van der Waals surface area contributed by atoms with Gasteiger partial charge in [-0.05, 0) is 31.7 Å². The minimum atomic E-state index is 0.426. The number of rotatable bonds is 3. The molecule has 1 aromatic rings. The van der Waals surface area contributed by atoms with Crippen LogP contribution in [0.1, 0.15) is 38.1 Å². The normalized spacial score (nSPS) is 28.2. The molecule has 84 valence electrons. The lowest BCUT2D eigenvalue weighted by molar-refractivity contribution is 0.358. The highest BCUT2D eigenvalue weighted by atomic mass is 15.1. The number of hydrogen-bond acceptors (Lipinski definition) is 2. The Morgan fingerprint density at radius 3 is 2.80 bits per heavy atom. The van der Waals surface area contributed by atoms with E-state index in [9.17, 15) is 0 Å². The molecule has 0 saturated heterocycles. The summed E-state index contributed by atoms with van der Waals surface area (Å²) in [5.74, 6) is 2.81. The maximum absolute atomic E-state index is 4.46. The molecule has 1 aliphatic rings. The minimum Gasteiger partial charge on any atom is -0.337 e. The number of imidazole rings is 1. The molecule has 2 rings (SSSR count). The average Bonchev–Trinajstić information content (AvgIpc) is 2.79. The highest BCUT2D eigenvalue weighted by Crippen LogP contribution is 2.37. The van der Waals surface area contributed by atoms with Crippen molar-refractivity contribution in [3.63, 3.8) is 0 Å². The molecule has 3 unspecified atom stereocenters. The summed E-state index contributed by atoms with van der Waals surface area (Å²) in [4.78, 5) is 4.46. The zero-order chi connectivity index (χ0) is 10.8. The third kappa shape index (κ3) is 2.07. The van der Waals surface area contributed by atoms with E-state index in [1.165, 1.54) is 25.1 Å². The zero-order valence-corrected chi connectivity index (χ0v) is 9.90. The van der Waals surface area contributed by atoms with Gasteiger partial charge in [-0.3, -0.25) is 0 Å². The van der Waals surface area contributed by atoms with E-state index in [4.69, 9.17) is 0 Å². The highest BCUT2D eigenvalue weighted by Gasteiger charge is 2.30. The fourth-order valence-corrected chi connectivity index (χ4v) is 2.81. The lowest BCUT2D eigenvalue weighted by Crippen LogP contribution is -2.26. The second kappa shape index (κ2) is 4.35. The van der Waals surface area contributed by atoms with E-state index in [1.807, 2.05) is 19.4 Å². The van der Waals surface area contributed by atoms with E-state index in [0.717, 1.165) is 11.8 Å². The molecule has 0 spiro atoms. The molecule has 1 aromatic heterocycles. The van der Waals surface area contributed by atoms with E-state index >= 15 is 0 Å². The number of hydrogen-bond donors (Lipinski definition) is 1. The van der Waals surface area contributed by atoms with Gasteiger partial charge >= 0.3 is 0 Å². The molecule has 0 aromatic carbocycles. The van der Waals surface area contributed by atoms with Gasteiger partial charge in [-0.1, -0.05) is 13.3 Å². The van der Waals surface area contributed by atoms with E-state index in [1.54, 1.807) is 0 Å². The van der Waals surface area contributed by atoms with Gasteiger partial charge in [0.25, 0.3) is 0 Å². The SMILES string of the molecule is CNC(c1nccn1C)C1CCC(C)C1. The molecule has 0 amide bonds. The largest absolute Gasteiger partial charge is 0.337 e. The molecular weight excluding hydrogens is 186 g/mol. The van der Waals surface area contributed by atoms with Gasteiger partial charge in [0.2, 0.25) is 0 Å². The third-order valence-corrected chi connectivity index (χ3v) is 3.65. The van der Waals surface area contributed by atoms with Crippen LogP contribution in [0.3, 0.4) is 0 Å². The van der Waals surface area contributed by atoms with Crippen LogP contribution in [0.15, 0.2) is 12.4 Å². The molecule has 1 fully saturated rings. The summed E-state index contributed by atoms with van der Waals surface area (Å²) in [5.41, 5.74) is 0. The van der Waals surface area contributed by atoms with Gasteiger partial charge < -0.3 is 9.88 Å².